The molecule has 1 aliphatic rings. The van der Waals surface area contributed by atoms with E-state index in [-0.39, 0.29) is 36.7 Å². The fraction of sp³-hybridized carbons (Fsp3) is 0.591. The van der Waals surface area contributed by atoms with Crippen LogP contribution < -0.4 is 0 Å². The highest BCUT2D eigenvalue weighted by molar-refractivity contribution is 9.10. The maximum absolute atomic E-state index is 13.1. The molecule has 0 aromatic heterocycles. The van der Waals surface area contributed by atoms with Gasteiger partial charge in [0.2, 0.25) is 0 Å². The summed E-state index contributed by atoms with van der Waals surface area (Å²) in [7, 11) is -2.55. The number of benzene rings is 1. The zero-order chi connectivity index (χ0) is 24.1. The summed E-state index contributed by atoms with van der Waals surface area (Å²) in [5.41, 5.74) is -0.776. The molecule has 10 heteroatoms. The summed E-state index contributed by atoms with van der Waals surface area (Å²) in [6.07, 6.45) is -0.205. The van der Waals surface area contributed by atoms with E-state index in [1.165, 1.54) is 19.2 Å². The summed E-state index contributed by atoms with van der Waals surface area (Å²) in [6.45, 7) is 5.17. The molecule has 3 atom stereocenters. The summed E-state index contributed by atoms with van der Waals surface area (Å²) in [5.74, 6) is -3.88. The molecule has 0 aliphatic heterocycles. The first-order valence-electron chi connectivity index (χ1n) is 10.4. The number of hydrogen-bond acceptors (Lipinski definition) is 8. The molecule has 1 unspecified atom stereocenters. The third kappa shape index (κ3) is 5.51. The first-order valence-corrected chi connectivity index (χ1v) is 12.9. The van der Waals surface area contributed by atoms with Crippen molar-refractivity contribution >= 4 is 43.7 Å². The van der Waals surface area contributed by atoms with Crippen molar-refractivity contribution in [3.05, 3.63) is 29.8 Å². The van der Waals surface area contributed by atoms with E-state index in [0.717, 1.165) is 5.56 Å². The molecule has 0 saturated heterocycles. The van der Waals surface area contributed by atoms with Gasteiger partial charge in [0.15, 0.2) is 15.3 Å². The van der Waals surface area contributed by atoms with E-state index in [9.17, 15) is 22.8 Å². The molecular weight excluding hydrogens is 504 g/mol. The van der Waals surface area contributed by atoms with E-state index in [0.29, 0.717) is 0 Å². The normalized spacial score (nSPS) is 20.9. The zero-order valence-corrected chi connectivity index (χ0v) is 21.0. The van der Waals surface area contributed by atoms with Crippen molar-refractivity contribution < 1.29 is 37.0 Å². The van der Waals surface area contributed by atoms with Gasteiger partial charge in [-0.15, -0.1) is 0 Å². The predicted octanol–water partition coefficient (Wildman–Crippen LogP) is 2.84. The van der Waals surface area contributed by atoms with Gasteiger partial charge in [-0.2, -0.15) is 0 Å². The van der Waals surface area contributed by atoms with Crippen LogP contribution in [-0.2, 0) is 38.4 Å². The van der Waals surface area contributed by atoms with E-state index in [2.05, 4.69) is 15.9 Å². The summed E-state index contributed by atoms with van der Waals surface area (Å²) >= 11 is 3.30. The van der Waals surface area contributed by atoms with E-state index in [4.69, 9.17) is 14.2 Å². The SMILES string of the molecule is CCOC(=O)C1(C(=O)OCC)C[C@H](CS(=O)(=O)c2ccc(C)cc2)[C@@H](C(Br)C(=O)OC)C1. The van der Waals surface area contributed by atoms with Crippen molar-refractivity contribution in [2.24, 2.45) is 17.3 Å². The maximum atomic E-state index is 13.1. The van der Waals surface area contributed by atoms with Crippen LogP contribution in [0.2, 0.25) is 0 Å². The minimum atomic E-state index is -3.76. The number of ether oxygens (including phenoxy) is 3. The first kappa shape index (κ1) is 26.3. The average molecular weight is 533 g/mol. The third-order valence-electron chi connectivity index (χ3n) is 5.75. The number of methoxy groups -OCH3 is 1. The Kier molecular flexibility index (Phi) is 8.87. The molecule has 178 valence electrons. The number of esters is 3. The number of carbonyl (C=O) groups excluding carboxylic acids is 3. The molecule has 0 bridgehead atoms. The highest BCUT2D eigenvalue weighted by Gasteiger charge is 2.60. The molecule has 1 aromatic rings. The number of carbonyl (C=O) groups is 3. The first-order chi connectivity index (χ1) is 15.0. The van der Waals surface area contributed by atoms with E-state index in [1.54, 1.807) is 26.0 Å². The molecule has 1 aliphatic carbocycles. The van der Waals surface area contributed by atoms with Crippen molar-refractivity contribution in [1.82, 2.24) is 0 Å². The molecule has 0 heterocycles. The Morgan fingerprint density at radius 2 is 1.59 bits per heavy atom. The van der Waals surface area contributed by atoms with Crippen LogP contribution in [0.5, 0.6) is 0 Å². The average Bonchev–Trinajstić information content (AvgIpc) is 3.13. The van der Waals surface area contributed by atoms with Crippen molar-refractivity contribution in [2.75, 3.05) is 26.1 Å². The Morgan fingerprint density at radius 1 is 1.06 bits per heavy atom. The molecule has 0 amide bonds. The topological polar surface area (TPSA) is 113 Å². The Bertz CT molecular complexity index is 923. The number of sulfone groups is 1. The van der Waals surface area contributed by atoms with Crippen molar-refractivity contribution in [1.29, 1.82) is 0 Å². The third-order valence-corrected chi connectivity index (χ3v) is 8.66. The minimum Gasteiger partial charge on any atom is -0.468 e. The van der Waals surface area contributed by atoms with Crippen molar-refractivity contribution in [3.8, 4) is 0 Å². The standard InChI is InChI=1S/C22H29BrO8S/c1-5-30-20(25)22(21(26)31-6-2)11-15(17(12-22)18(23)19(24)29-4)13-32(27,28)16-9-7-14(3)8-10-16/h7-10,15,17-18H,5-6,11-13H2,1-4H3/t15-,17+,18?/m1/s1. The van der Waals surface area contributed by atoms with Gasteiger partial charge in [-0.05, 0) is 57.6 Å². The quantitative estimate of drug-likeness (QED) is 0.206. The van der Waals surface area contributed by atoms with Crippen molar-refractivity contribution in [2.45, 2.75) is 43.3 Å². The highest BCUT2D eigenvalue weighted by Crippen LogP contribution is 2.51. The number of hydrogen-bond donors (Lipinski definition) is 0. The van der Waals surface area contributed by atoms with Crippen LogP contribution in [0, 0.1) is 24.2 Å². The van der Waals surface area contributed by atoms with Gasteiger partial charge >= 0.3 is 17.9 Å². The van der Waals surface area contributed by atoms with Gasteiger partial charge in [0.05, 0.1) is 31.0 Å². The van der Waals surface area contributed by atoms with Gasteiger partial charge in [0.1, 0.15) is 4.83 Å². The molecule has 1 saturated carbocycles. The van der Waals surface area contributed by atoms with Crippen molar-refractivity contribution in [3.63, 3.8) is 0 Å². The summed E-state index contributed by atoms with van der Waals surface area (Å²) in [4.78, 5) is 37.3. The van der Waals surface area contributed by atoms with Crippen LogP contribution in [0.4, 0.5) is 0 Å². The lowest BCUT2D eigenvalue weighted by molar-refractivity contribution is -0.172. The van der Waals surface area contributed by atoms with Gasteiger partial charge in [0.25, 0.3) is 0 Å². The van der Waals surface area contributed by atoms with Gasteiger partial charge < -0.3 is 14.2 Å². The molecule has 0 spiro atoms. The smallest absolute Gasteiger partial charge is 0.323 e. The van der Waals surface area contributed by atoms with Crippen LogP contribution in [0.15, 0.2) is 29.2 Å². The molecule has 2 rings (SSSR count). The lowest BCUT2D eigenvalue weighted by atomic mass is 9.84. The number of halogens is 1. The zero-order valence-electron chi connectivity index (χ0n) is 18.6. The Balaban J connectivity index is 2.48. The molecular formula is C22H29BrO8S. The second kappa shape index (κ2) is 10.8. The minimum absolute atomic E-state index is 0.0474. The number of aryl methyl sites for hydroxylation is 1. The van der Waals surface area contributed by atoms with Gasteiger partial charge in [-0.3, -0.25) is 14.4 Å². The largest absolute Gasteiger partial charge is 0.468 e. The lowest BCUT2D eigenvalue weighted by Crippen LogP contribution is -2.41. The predicted molar refractivity (Wildman–Crippen MR) is 120 cm³/mol. The summed E-state index contributed by atoms with van der Waals surface area (Å²) in [5, 5.41) is 0. The number of rotatable bonds is 9. The van der Waals surface area contributed by atoms with E-state index in [1.807, 2.05) is 6.92 Å². The molecule has 1 fully saturated rings. The summed E-state index contributed by atoms with van der Waals surface area (Å²) in [6, 6.07) is 6.43. The van der Waals surface area contributed by atoms with Crippen LogP contribution in [-0.4, -0.2) is 57.2 Å². The molecule has 1 aromatic carbocycles. The second-order valence-corrected chi connectivity index (χ2v) is 10.9. The molecule has 0 N–H and O–H groups in total. The van der Waals surface area contributed by atoms with Gasteiger partial charge in [-0.25, -0.2) is 8.42 Å². The van der Waals surface area contributed by atoms with E-state index >= 15 is 0 Å². The van der Waals surface area contributed by atoms with Crippen LogP contribution in [0.25, 0.3) is 0 Å². The number of alkyl halides is 1. The van der Waals surface area contributed by atoms with Crippen LogP contribution >= 0.6 is 15.9 Å². The van der Waals surface area contributed by atoms with E-state index < -0.39 is 49.8 Å². The Morgan fingerprint density at radius 3 is 2.06 bits per heavy atom. The molecule has 0 radical (unpaired) electrons. The van der Waals surface area contributed by atoms with Crippen LogP contribution in [0.3, 0.4) is 0 Å². The monoisotopic (exact) mass is 532 g/mol. The Labute approximate surface area is 197 Å². The Hall–Kier alpha value is -1.94. The highest BCUT2D eigenvalue weighted by atomic mass is 79.9. The molecule has 8 nitrogen and oxygen atoms in total. The second-order valence-electron chi connectivity index (χ2n) is 7.87. The molecule has 32 heavy (non-hydrogen) atoms. The lowest BCUT2D eigenvalue weighted by Gasteiger charge is -2.25. The van der Waals surface area contributed by atoms with Crippen LogP contribution in [0.1, 0.15) is 32.3 Å². The maximum Gasteiger partial charge on any atom is 0.323 e. The van der Waals surface area contributed by atoms with Gasteiger partial charge in [-0.1, -0.05) is 33.6 Å². The summed E-state index contributed by atoms with van der Waals surface area (Å²) < 4.78 is 41.4. The van der Waals surface area contributed by atoms with Gasteiger partial charge in [0, 0.05) is 0 Å². The fourth-order valence-corrected chi connectivity index (χ4v) is 6.62. The fourth-order valence-electron chi connectivity index (χ4n) is 4.14.